The fourth-order valence-electron chi connectivity index (χ4n) is 3.08. The van der Waals surface area contributed by atoms with Crippen molar-refractivity contribution in [3.05, 3.63) is 62.1 Å². The molecule has 1 saturated carbocycles. The van der Waals surface area contributed by atoms with Crippen molar-refractivity contribution in [2.75, 3.05) is 11.1 Å². The summed E-state index contributed by atoms with van der Waals surface area (Å²) in [6, 6.07) is 6.22. The molecule has 0 atom stereocenters. The van der Waals surface area contributed by atoms with Crippen molar-refractivity contribution >= 4 is 40.4 Å². The molecule has 8 nitrogen and oxygen atoms in total. The van der Waals surface area contributed by atoms with E-state index in [2.05, 4.69) is 15.5 Å². The monoisotopic (exact) mass is 483 g/mol. The van der Waals surface area contributed by atoms with E-state index in [0.717, 1.165) is 41.4 Å². The summed E-state index contributed by atoms with van der Waals surface area (Å²) in [7, 11) is 0. The van der Waals surface area contributed by atoms with Gasteiger partial charge >= 0.3 is 6.18 Å². The summed E-state index contributed by atoms with van der Waals surface area (Å²) in [5.41, 5.74) is -2.28. The van der Waals surface area contributed by atoms with Gasteiger partial charge in [-0.2, -0.15) is 13.2 Å². The topological polar surface area (TPSA) is 103 Å². The first-order chi connectivity index (χ1) is 15.2. The zero-order valence-corrected chi connectivity index (χ0v) is 18.0. The Hall–Kier alpha value is -2.93. The van der Waals surface area contributed by atoms with E-state index < -0.39 is 28.3 Å². The number of hydrogen-bond donors (Lipinski definition) is 1. The number of thioether (sulfide) groups is 1. The molecule has 0 bridgehead atoms. The minimum Gasteiger partial charge on any atom is -0.320 e. The lowest BCUT2D eigenvalue weighted by atomic mass is 10.1. The van der Waals surface area contributed by atoms with Gasteiger partial charge in [0, 0.05) is 23.4 Å². The molecule has 13 heteroatoms. The maximum absolute atomic E-state index is 12.8. The van der Waals surface area contributed by atoms with Crippen LogP contribution in [0.5, 0.6) is 0 Å². The molecule has 3 aromatic rings. The predicted molar refractivity (Wildman–Crippen MR) is 113 cm³/mol. The molecular weight excluding hydrogens is 467 g/mol. The highest BCUT2D eigenvalue weighted by molar-refractivity contribution is 7.99. The standard InChI is InChI=1S/C19H16F3N5O3S2/c20-19(21,22)11-3-6-14(15(8-11)27(29)30)23-17(28)10-32-18-25-24-16(26(18)12-4-5-12)9-13-2-1-7-31-13/h1-3,6-8,12H,4-5,9-10H2,(H,23,28). The predicted octanol–water partition coefficient (Wildman–Crippen LogP) is 4.92. The third-order valence-corrected chi connectivity index (χ3v) is 6.51. The van der Waals surface area contributed by atoms with Crippen LogP contribution < -0.4 is 5.32 Å². The first-order valence-electron chi connectivity index (χ1n) is 9.47. The quantitative estimate of drug-likeness (QED) is 0.277. The molecule has 2 aromatic heterocycles. The van der Waals surface area contributed by atoms with Crippen LogP contribution in [0.1, 0.15) is 35.1 Å². The van der Waals surface area contributed by atoms with Crippen LogP contribution in [-0.2, 0) is 17.4 Å². The number of benzene rings is 1. The van der Waals surface area contributed by atoms with Crippen molar-refractivity contribution in [1.29, 1.82) is 0 Å². The number of nitro benzene ring substituents is 1. The summed E-state index contributed by atoms with van der Waals surface area (Å²) in [5.74, 6) is 0.0847. The number of nitro groups is 1. The molecule has 0 radical (unpaired) electrons. The maximum atomic E-state index is 12.8. The third-order valence-electron chi connectivity index (χ3n) is 4.69. The number of alkyl halides is 3. The summed E-state index contributed by atoms with van der Waals surface area (Å²) in [6.07, 6.45) is -2.11. The summed E-state index contributed by atoms with van der Waals surface area (Å²) in [4.78, 5) is 23.7. The summed E-state index contributed by atoms with van der Waals surface area (Å²) < 4.78 is 40.5. The molecule has 4 rings (SSSR count). The van der Waals surface area contributed by atoms with Gasteiger partial charge in [-0.15, -0.1) is 21.5 Å². The Morgan fingerprint density at radius 1 is 1.31 bits per heavy atom. The second-order valence-electron chi connectivity index (χ2n) is 7.08. The average molecular weight is 483 g/mol. The van der Waals surface area contributed by atoms with Crippen molar-refractivity contribution < 1.29 is 22.9 Å². The Labute approximate surface area is 188 Å². The average Bonchev–Trinajstić information content (AvgIpc) is 3.28. The second kappa shape index (κ2) is 8.90. The molecule has 0 aliphatic heterocycles. The van der Waals surface area contributed by atoms with Gasteiger partial charge in [0.25, 0.3) is 5.69 Å². The number of rotatable bonds is 8. The molecule has 168 valence electrons. The van der Waals surface area contributed by atoms with Gasteiger partial charge in [0.1, 0.15) is 11.5 Å². The zero-order valence-electron chi connectivity index (χ0n) is 16.3. The van der Waals surface area contributed by atoms with Gasteiger partial charge in [-0.3, -0.25) is 14.9 Å². The van der Waals surface area contributed by atoms with Crippen molar-refractivity contribution in [3.63, 3.8) is 0 Å². The Morgan fingerprint density at radius 3 is 2.72 bits per heavy atom. The number of anilines is 1. The van der Waals surface area contributed by atoms with Crippen LogP contribution in [0.15, 0.2) is 40.9 Å². The minimum absolute atomic E-state index is 0.123. The normalized spacial score (nSPS) is 13.8. The van der Waals surface area contributed by atoms with Gasteiger partial charge in [-0.05, 0) is 36.4 Å². The van der Waals surface area contributed by atoms with Gasteiger partial charge in [-0.1, -0.05) is 17.8 Å². The highest BCUT2D eigenvalue weighted by atomic mass is 32.2. The molecule has 0 unspecified atom stereocenters. The van der Waals surface area contributed by atoms with E-state index in [9.17, 15) is 28.1 Å². The highest BCUT2D eigenvalue weighted by Gasteiger charge is 2.33. The van der Waals surface area contributed by atoms with Gasteiger partial charge in [0.15, 0.2) is 5.16 Å². The molecule has 2 heterocycles. The van der Waals surface area contributed by atoms with Gasteiger partial charge in [0.2, 0.25) is 5.91 Å². The summed E-state index contributed by atoms with van der Waals surface area (Å²) >= 11 is 2.74. The van der Waals surface area contributed by atoms with E-state index in [0.29, 0.717) is 23.7 Å². The van der Waals surface area contributed by atoms with Gasteiger partial charge in [0.05, 0.1) is 16.2 Å². The number of aromatic nitrogens is 3. The van der Waals surface area contributed by atoms with Crippen LogP contribution in [0.3, 0.4) is 0 Å². The maximum Gasteiger partial charge on any atom is 0.416 e. The number of hydrogen-bond acceptors (Lipinski definition) is 7. The molecule has 1 fully saturated rings. The molecule has 1 aliphatic carbocycles. The van der Waals surface area contributed by atoms with E-state index >= 15 is 0 Å². The smallest absolute Gasteiger partial charge is 0.320 e. The lowest BCUT2D eigenvalue weighted by Gasteiger charge is -2.10. The molecular formula is C19H16F3N5O3S2. The number of carbonyl (C=O) groups is 1. The van der Waals surface area contributed by atoms with E-state index in [1.54, 1.807) is 11.3 Å². The number of nitrogens with zero attached hydrogens (tertiary/aromatic N) is 4. The molecule has 1 amide bonds. The van der Waals surface area contributed by atoms with Crippen LogP contribution >= 0.6 is 23.1 Å². The lowest BCUT2D eigenvalue weighted by Crippen LogP contribution is -2.16. The van der Waals surface area contributed by atoms with E-state index in [4.69, 9.17) is 0 Å². The Bertz CT molecular complexity index is 1140. The lowest BCUT2D eigenvalue weighted by molar-refractivity contribution is -0.384. The number of amides is 1. The van der Waals surface area contributed by atoms with Crippen LogP contribution in [0.4, 0.5) is 24.5 Å². The zero-order chi connectivity index (χ0) is 22.9. The first kappa shape index (κ1) is 22.3. The Morgan fingerprint density at radius 2 is 2.09 bits per heavy atom. The Balaban J connectivity index is 1.45. The fraction of sp³-hybridized carbons (Fsp3) is 0.316. The fourth-order valence-corrected chi connectivity index (χ4v) is 4.60. The van der Waals surface area contributed by atoms with Crippen LogP contribution in [0.2, 0.25) is 0 Å². The van der Waals surface area contributed by atoms with Crippen LogP contribution in [-0.4, -0.2) is 31.3 Å². The van der Waals surface area contributed by atoms with E-state index in [1.165, 1.54) is 0 Å². The number of nitrogens with one attached hydrogen (secondary N) is 1. The SMILES string of the molecule is O=C(CSc1nnc(Cc2cccs2)n1C1CC1)Nc1ccc(C(F)(F)F)cc1[N+](=O)[O-]. The largest absolute Gasteiger partial charge is 0.416 e. The van der Waals surface area contributed by atoms with Gasteiger partial charge in [-0.25, -0.2) is 0 Å². The molecule has 32 heavy (non-hydrogen) atoms. The Kier molecular flexibility index (Phi) is 6.20. The van der Waals surface area contributed by atoms with Gasteiger partial charge < -0.3 is 9.88 Å². The molecule has 1 N–H and O–H groups in total. The first-order valence-corrected chi connectivity index (χ1v) is 11.3. The molecule has 0 spiro atoms. The van der Waals surface area contributed by atoms with Crippen LogP contribution in [0, 0.1) is 10.1 Å². The second-order valence-corrected chi connectivity index (χ2v) is 9.05. The minimum atomic E-state index is -4.73. The molecule has 1 aliphatic rings. The van der Waals surface area contributed by atoms with Crippen molar-refractivity contribution in [2.45, 2.75) is 36.6 Å². The molecule has 1 aromatic carbocycles. The number of thiophene rings is 1. The van der Waals surface area contributed by atoms with Crippen molar-refractivity contribution in [3.8, 4) is 0 Å². The van der Waals surface area contributed by atoms with E-state index in [1.807, 2.05) is 22.1 Å². The number of carbonyl (C=O) groups excluding carboxylic acids is 1. The summed E-state index contributed by atoms with van der Waals surface area (Å²) in [5, 5.41) is 24.5. The van der Waals surface area contributed by atoms with Crippen LogP contribution in [0.25, 0.3) is 0 Å². The van der Waals surface area contributed by atoms with Crippen molar-refractivity contribution in [2.24, 2.45) is 0 Å². The highest BCUT2D eigenvalue weighted by Crippen LogP contribution is 2.39. The third kappa shape index (κ3) is 5.10. The summed E-state index contributed by atoms with van der Waals surface area (Å²) in [6.45, 7) is 0. The van der Waals surface area contributed by atoms with E-state index in [-0.39, 0.29) is 17.5 Å². The number of halogens is 3. The molecule has 0 saturated heterocycles. The van der Waals surface area contributed by atoms with Crippen molar-refractivity contribution in [1.82, 2.24) is 14.8 Å².